The van der Waals surface area contributed by atoms with Crippen LogP contribution in [0.1, 0.15) is 15.9 Å². The Kier molecular flexibility index (Phi) is 5.38. The zero-order chi connectivity index (χ0) is 16.1. The third kappa shape index (κ3) is 3.76. The summed E-state index contributed by atoms with van der Waals surface area (Å²) in [5, 5.41) is 2.67. The zero-order valence-electron chi connectivity index (χ0n) is 12.2. The Morgan fingerprint density at radius 2 is 1.95 bits per heavy atom. The lowest BCUT2D eigenvalue weighted by Gasteiger charge is -2.11. The van der Waals surface area contributed by atoms with Gasteiger partial charge in [0.05, 0.1) is 19.8 Å². The predicted molar refractivity (Wildman–Crippen MR) is 84.8 cm³/mol. The number of ether oxygens (including phenoxy) is 2. The number of benzene rings is 2. The number of carbonyl (C=O) groups excluding carboxylic acids is 1. The highest BCUT2D eigenvalue weighted by Crippen LogP contribution is 2.24. The summed E-state index contributed by atoms with van der Waals surface area (Å²) in [7, 11) is 3.10. The molecule has 0 fully saturated rings. The van der Waals surface area contributed by atoms with E-state index in [9.17, 15) is 9.18 Å². The molecule has 0 aliphatic carbocycles. The van der Waals surface area contributed by atoms with Crippen molar-refractivity contribution in [3.05, 3.63) is 57.8 Å². The number of carbonyl (C=O) groups is 1. The fraction of sp³-hybridized carbons (Fsp3) is 0.188. The monoisotopic (exact) mass is 367 g/mol. The van der Waals surface area contributed by atoms with E-state index in [-0.39, 0.29) is 12.1 Å². The fourth-order valence-corrected chi connectivity index (χ4v) is 2.28. The van der Waals surface area contributed by atoms with Crippen molar-refractivity contribution in [2.45, 2.75) is 6.54 Å². The van der Waals surface area contributed by atoms with Crippen LogP contribution < -0.4 is 14.8 Å². The molecule has 22 heavy (non-hydrogen) atoms. The number of nitrogens with one attached hydrogen (secondary N) is 1. The van der Waals surface area contributed by atoms with Gasteiger partial charge in [0, 0.05) is 22.6 Å². The van der Waals surface area contributed by atoms with Crippen LogP contribution in [0.5, 0.6) is 11.5 Å². The smallest absolute Gasteiger partial charge is 0.254 e. The van der Waals surface area contributed by atoms with Crippen molar-refractivity contribution in [3.63, 3.8) is 0 Å². The molecule has 0 spiro atoms. The number of hydrogen-bond acceptors (Lipinski definition) is 3. The molecular weight excluding hydrogens is 353 g/mol. The molecule has 4 nitrogen and oxygen atoms in total. The Labute approximate surface area is 136 Å². The van der Waals surface area contributed by atoms with E-state index in [2.05, 4.69) is 21.2 Å². The van der Waals surface area contributed by atoms with Gasteiger partial charge >= 0.3 is 0 Å². The van der Waals surface area contributed by atoms with Crippen LogP contribution in [0.3, 0.4) is 0 Å². The summed E-state index contributed by atoms with van der Waals surface area (Å²) < 4.78 is 24.7. The van der Waals surface area contributed by atoms with E-state index in [1.54, 1.807) is 31.4 Å². The van der Waals surface area contributed by atoms with Crippen LogP contribution in [0.2, 0.25) is 0 Å². The molecule has 116 valence electrons. The van der Waals surface area contributed by atoms with E-state index in [1.807, 2.05) is 0 Å². The average molecular weight is 368 g/mol. The highest BCUT2D eigenvalue weighted by Gasteiger charge is 2.13. The number of halogens is 2. The van der Waals surface area contributed by atoms with Crippen LogP contribution in [0, 0.1) is 5.82 Å². The average Bonchev–Trinajstić information content (AvgIpc) is 2.52. The van der Waals surface area contributed by atoms with Crippen molar-refractivity contribution in [2.24, 2.45) is 0 Å². The van der Waals surface area contributed by atoms with Gasteiger partial charge in [0.2, 0.25) is 0 Å². The van der Waals surface area contributed by atoms with E-state index in [0.717, 1.165) is 5.56 Å². The molecule has 0 atom stereocenters. The molecule has 0 heterocycles. The highest BCUT2D eigenvalue weighted by atomic mass is 79.9. The first kappa shape index (κ1) is 16.3. The molecule has 0 aromatic heterocycles. The van der Waals surface area contributed by atoms with Gasteiger partial charge in [-0.25, -0.2) is 4.39 Å². The number of methoxy groups -OCH3 is 2. The van der Waals surface area contributed by atoms with Crippen molar-refractivity contribution in [3.8, 4) is 11.5 Å². The third-order valence-corrected chi connectivity index (χ3v) is 3.60. The van der Waals surface area contributed by atoms with E-state index < -0.39 is 11.7 Å². The van der Waals surface area contributed by atoms with Gasteiger partial charge in [-0.15, -0.1) is 0 Å². The van der Waals surface area contributed by atoms with Crippen molar-refractivity contribution in [1.29, 1.82) is 0 Å². The van der Waals surface area contributed by atoms with Crippen LogP contribution in [-0.4, -0.2) is 20.1 Å². The van der Waals surface area contributed by atoms with Crippen LogP contribution >= 0.6 is 15.9 Å². The number of amides is 1. The summed E-state index contributed by atoms with van der Waals surface area (Å²) in [4.78, 5) is 12.0. The second-order valence-corrected chi connectivity index (χ2v) is 5.40. The predicted octanol–water partition coefficient (Wildman–Crippen LogP) is 3.54. The van der Waals surface area contributed by atoms with Crippen molar-refractivity contribution < 1.29 is 18.7 Å². The SMILES string of the molecule is COc1ccc(CNC(=O)c2ccc(Br)cc2F)c(OC)c1. The normalized spacial score (nSPS) is 10.2. The van der Waals surface area contributed by atoms with E-state index >= 15 is 0 Å². The zero-order valence-corrected chi connectivity index (χ0v) is 13.7. The first-order valence-electron chi connectivity index (χ1n) is 6.49. The molecule has 1 N–H and O–H groups in total. The minimum Gasteiger partial charge on any atom is -0.497 e. The van der Waals surface area contributed by atoms with E-state index in [0.29, 0.717) is 16.0 Å². The Bertz CT molecular complexity index is 691. The minimum absolute atomic E-state index is 0.00400. The summed E-state index contributed by atoms with van der Waals surface area (Å²) in [5.41, 5.74) is 0.768. The lowest BCUT2D eigenvalue weighted by molar-refractivity contribution is 0.0946. The molecule has 2 rings (SSSR count). The van der Waals surface area contributed by atoms with Crippen molar-refractivity contribution >= 4 is 21.8 Å². The molecule has 0 aliphatic heterocycles. The maximum atomic E-state index is 13.7. The second kappa shape index (κ2) is 7.26. The minimum atomic E-state index is -0.575. The van der Waals surface area contributed by atoms with Gasteiger partial charge in [-0.2, -0.15) is 0 Å². The lowest BCUT2D eigenvalue weighted by Crippen LogP contribution is -2.24. The van der Waals surface area contributed by atoms with Gasteiger partial charge in [0.25, 0.3) is 5.91 Å². The molecule has 6 heteroatoms. The third-order valence-electron chi connectivity index (χ3n) is 3.11. The molecule has 0 unspecified atom stereocenters. The van der Waals surface area contributed by atoms with Gasteiger partial charge in [-0.3, -0.25) is 4.79 Å². The number of rotatable bonds is 5. The van der Waals surface area contributed by atoms with E-state index in [1.165, 1.54) is 19.2 Å². The standard InChI is InChI=1S/C16H15BrFNO3/c1-21-12-5-3-10(15(8-12)22-2)9-19-16(20)13-6-4-11(17)7-14(13)18/h3-8H,9H2,1-2H3,(H,19,20). The summed E-state index contributed by atoms with van der Waals surface area (Å²) in [6.07, 6.45) is 0. The summed E-state index contributed by atoms with van der Waals surface area (Å²) >= 11 is 3.15. The molecule has 0 saturated heterocycles. The first-order chi connectivity index (χ1) is 10.5. The Balaban J connectivity index is 2.11. The summed E-state index contributed by atoms with van der Waals surface area (Å²) in [5.74, 6) is 0.193. The van der Waals surface area contributed by atoms with Crippen LogP contribution in [0.4, 0.5) is 4.39 Å². The summed E-state index contributed by atoms with van der Waals surface area (Å²) in [6.45, 7) is 0.224. The quantitative estimate of drug-likeness (QED) is 0.879. The Hall–Kier alpha value is -2.08. The fourth-order valence-electron chi connectivity index (χ4n) is 1.94. The number of hydrogen-bond donors (Lipinski definition) is 1. The Morgan fingerprint density at radius 3 is 2.59 bits per heavy atom. The van der Waals surface area contributed by atoms with Crippen LogP contribution in [0.15, 0.2) is 40.9 Å². The molecule has 0 bridgehead atoms. The molecule has 2 aromatic carbocycles. The van der Waals surface area contributed by atoms with Crippen molar-refractivity contribution in [1.82, 2.24) is 5.32 Å². The molecule has 0 aliphatic rings. The van der Waals surface area contributed by atoms with Crippen LogP contribution in [-0.2, 0) is 6.54 Å². The lowest BCUT2D eigenvalue weighted by atomic mass is 10.1. The van der Waals surface area contributed by atoms with Gasteiger partial charge in [-0.1, -0.05) is 15.9 Å². The van der Waals surface area contributed by atoms with Gasteiger partial charge in [-0.05, 0) is 30.3 Å². The highest BCUT2D eigenvalue weighted by molar-refractivity contribution is 9.10. The largest absolute Gasteiger partial charge is 0.497 e. The summed E-state index contributed by atoms with van der Waals surface area (Å²) in [6, 6.07) is 9.58. The Morgan fingerprint density at radius 1 is 1.18 bits per heavy atom. The molecule has 1 amide bonds. The molecule has 0 radical (unpaired) electrons. The van der Waals surface area contributed by atoms with Crippen LogP contribution in [0.25, 0.3) is 0 Å². The maximum absolute atomic E-state index is 13.7. The second-order valence-electron chi connectivity index (χ2n) is 4.48. The molecule has 0 saturated carbocycles. The van der Waals surface area contributed by atoms with E-state index in [4.69, 9.17) is 9.47 Å². The topological polar surface area (TPSA) is 47.6 Å². The van der Waals surface area contributed by atoms with Gasteiger partial charge < -0.3 is 14.8 Å². The maximum Gasteiger partial charge on any atom is 0.254 e. The van der Waals surface area contributed by atoms with Gasteiger partial charge in [0.1, 0.15) is 17.3 Å². The van der Waals surface area contributed by atoms with Crippen molar-refractivity contribution in [2.75, 3.05) is 14.2 Å². The molecule has 2 aromatic rings. The first-order valence-corrected chi connectivity index (χ1v) is 7.28. The van der Waals surface area contributed by atoms with Gasteiger partial charge in [0.15, 0.2) is 0 Å². The molecular formula is C16H15BrFNO3.